The van der Waals surface area contributed by atoms with Crippen LogP contribution in [0, 0.1) is 13.0 Å². The van der Waals surface area contributed by atoms with Crippen molar-refractivity contribution in [2.75, 3.05) is 32.8 Å². The molecular formula is C19H26N2O. The fourth-order valence-corrected chi connectivity index (χ4v) is 3.51. The SMILES string of the molecule is [CH2-][NH2+][C@@H](c1cccc2ccccc12)[C@@H](C)CN1CCOCC1. The van der Waals surface area contributed by atoms with Crippen LogP contribution in [0.5, 0.6) is 0 Å². The average molecular weight is 298 g/mol. The van der Waals surface area contributed by atoms with E-state index in [1.54, 1.807) is 0 Å². The van der Waals surface area contributed by atoms with Crippen molar-refractivity contribution in [3.63, 3.8) is 0 Å². The molecule has 3 nitrogen and oxygen atoms in total. The smallest absolute Gasteiger partial charge is 0.0921 e. The van der Waals surface area contributed by atoms with Crippen LogP contribution >= 0.6 is 0 Å². The zero-order valence-electron chi connectivity index (χ0n) is 13.4. The summed E-state index contributed by atoms with van der Waals surface area (Å²) in [5.74, 6) is 0.543. The molecule has 1 aliphatic heterocycles. The Morgan fingerprint density at radius 2 is 1.86 bits per heavy atom. The number of benzene rings is 2. The molecule has 1 aliphatic rings. The zero-order valence-corrected chi connectivity index (χ0v) is 13.4. The first-order valence-corrected chi connectivity index (χ1v) is 8.20. The normalized spacial score (nSPS) is 19.2. The molecule has 0 saturated carbocycles. The van der Waals surface area contributed by atoms with Gasteiger partial charge in [0.1, 0.15) is 0 Å². The van der Waals surface area contributed by atoms with Crippen molar-refractivity contribution < 1.29 is 10.1 Å². The second-order valence-corrected chi connectivity index (χ2v) is 6.22. The molecule has 0 unspecified atom stereocenters. The summed E-state index contributed by atoms with van der Waals surface area (Å²) in [5, 5.41) is 4.78. The predicted octanol–water partition coefficient (Wildman–Crippen LogP) is 2.20. The number of hydrogen-bond donors (Lipinski definition) is 1. The van der Waals surface area contributed by atoms with Crippen molar-refractivity contribution in [2.24, 2.45) is 5.92 Å². The lowest BCUT2D eigenvalue weighted by molar-refractivity contribution is -0.648. The molecule has 0 amide bonds. The molecule has 0 bridgehead atoms. The topological polar surface area (TPSA) is 29.1 Å². The number of rotatable bonds is 5. The summed E-state index contributed by atoms with van der Waals surface area (Å²) in [7, 11) is 4.12. The van der Waals surface area contributed by atoms with Gasteiger partial charge in [0.15, 0.2) is 0 Å². The molecule has 2 N–H and O–H groups in total. The van der Waals surface area contributed by atoms with Crippen molar-refractivity contribution in [2.45, 2.75) is 13.0 Å². The maximum absolute atomic E-state index is 5.45. The fourth-order valence-electron chi connectivity index (χ4n) is 3.51. The van der Waals surface area contributed by atoms with E-state index in [4.69, 9.17) is 4.74 Å². The van der Waals surface area contributed by atoms with Crippen LogP contribution < -0.4 is 5.32 Å². The maximum Gasteiger partial charge on any atom is 0.0921 e. The van der Waals surface area contributed by atoms with Gasteiger partial charge in [0.2, 0.25) is 0 Å². The minimum absolute atomic E-state index is 0.383. The number of ether oxygens (including phenoxy) is 1. The van der Waals surface area contributed by atoms with Gasteiger partial charge >= 0.3 is 0 Å². The predicted molar refractivity (Wildman–Crippen MR) is 90.4 cm³/mol. The molecule has 1 heterocycles. The lowest BCUT2D eigenvalue weighted by Crippen LogP contribution is -2.80. The molecule has 3 rings (SSSR count). The molecule has 1 fully saturated rings. The standard InChI is InChI=1S/C19H26N2O/c1-15(14-21-10-12-22-13-11-21)19(20-2)18-9-5-7-16-6-3-4-8-17(16)18/h3-9,15,19H,2,10-14,20H2,1H3/t15-,19+/m0/s1. The lowest BCUT2D eigenvalue weighted by atomic mass is 9.90. The van der Waals surface area contributed by atoms with Crippen LogP contribution in [-0.2, 0) is 4.74 Å². The summed E-state index contributed by atoms with van der Waals surface area (Å²) in [5.41, 5.74) is 1.40. The van der Waals surface area contributed by atoms with E-state index in [0.717, 1.165) is 32.8 Å². The minimum Gasteiger partial charge on any atom is -0.472 e. The third kappa shape index (κ3) is 3.32. The van der Waals surface area contributed by atoms with Crippen LogP contribution in [0.25, 0.3) is 10.8 Å². The van der Waals surface area contributed by atoms with Crippen LogP contribution in [0.15, 0.2) is 42.5 Å². The summed E-state index contributed by atoms with van der Waals surface area (Å²) in [4.78, 5) is 2.51. The van der Waals surface area contributed by atoms with Gasteiger partial charge in [-0.3, -0.25) is 4.90 Å². The Bertz CT molecular complexity index is 602. The van der Waals surface area contributed by atoms with Gasteiger partial charge in [-0.15, -0.1) is 0 Å². The van der Waals surface area contributed by atoms with Crippen molar-refractivity contribution in [3.8, 4) is 0 Å². The first-order chi connectivity index (χ1) is 10.8. The van der Waals surface area contributed by atoms with Crippen LogP contribution in [-0.4, -0.2) is 37.7 Å². The van der Waals surface area contributed by atoms with Crippen LogP contribution in [0.4, 0.5) is 0 Å². The Balaban J connectivity index is 1.82. The highest BCUT2D eigenvalue weighted by atomic mass is 16.5. The van der Waals surface area contributed by atoms with Gasteiger partial charge < -0.3 is 10.1 Å². The molecule has 0 radical (unpaired) electrons. The molecular weight excluding hydrogens is 272 g/mol. The van der Waals surface area contributed by atoms with Gasteiger partial charge in [-0.05, 0) is 10.8 Å². The first kappa shape index (κ1) is 15.5. The van der Waals surface area contributed by atoms with Crippen molar-refractivity contribution in [1.29, 1.82) is 0 Å². The van der Waals surface area contributed by atoms with E-state index in [0.29, 0.717) is 12.0 Å². The van der Waals surface area contributed by atoms with E-state index in [2.05, 4.69) is 66.7 Å². The summed E-state index contributed by atoms with van der Waals surface area (Å²) >= 11 is 0. The molecule has 2 aromatic carbocycles. The Hall–Kier alpha value is -1.42. The van der Waals surface area contributed by atoms with Gasteiger partial charge in [0.05, 0.1) is 19.3 Å². The van der Waals surface area contributed by atoms with E-state index in [9.17, 15) is 0 Å². The molecule has 1 saturated heterocycles. The molecule has 0 aromatic heterocycles. The highest BCUT2D eigenvalue weighted by Crippen LogP contribution is 2.27. The quantitative estimate of drug-likeness (QED) is 0.858. The number of nitrogens with two attached hydrogens (primary N) is 1. The third-order valence-electron chi connectivity index (χ3n) is 4.70. The minimum atomic E-state index is 0.383. The highest BCUT2D eigenvalue weighted by molar-refractivity contribution is 5.85. The van der Waals surface area contributed by atoms with E-state index in [1.807, 2.05) is 0 Å². The van der Waals surface area contributed by atoms with Gasteiger partial charge in [-0.1, -0.05) is 49.4 Å². The highest BCUT2D eigenvalue weighted by Gasteiger charge is 2.24. The molecule has 0 aliphatic carbocycles. The van der Waals surface area contributed by atoms with Crippen LogP contribution in [0.2, 0.25) is 0 Å². The third-order valence-corrected chi connectivity index (χ3v) is 4.70. The van der Waals surface area contributed by atoms with Crippen molar-refractivity contribution >= 4 is 10.8 Å². The summed E-state index contributed by atoms with van der Waals surface area (Å²) in [6, 6.07) is 15.6. The fraction of sp³-hybridized carbons (Fsp3) is 0.421. The zero-order chi connectivity index (χ0) is 15.4. The number of hydrogen-bond acceptors (Lipinski definition) is 2. The maximum atomic E-state index is 5.45. The van der Waals surface area contributed by atoms with Gasteiger partial charge in [0.25, 0.3) is 0 Å². The van der Waals surface area contributed by atoms with E-state index in [1.165, 1.54) is 16.3 Å². The van der Waals surface area contributed by atoms with Gasteiger partial charge in [-0.2, -0.15) is 7.05 Å². The Morgan fingerprint density at radius 3 is 2.64 bits per heavy atom. The summed E-state index contributed by atoms with van der Waals surface area (Å²) < 4.78 is 5.45. The van der Waals surface area contributed by atoms with E-state index >= 15 is 0 Å². The number of quaternary nitrogens is 1. The second-order valence-electron chi connectivity index (χ2n) is 6.22. The van der Waals surface area contributed by atoms with Gasteiger partial charge in [-0.25, -0.2) is 0 Å². The number of fused-ring (bicyclic) bond motifs is 1. The molecule has 2 atom stereocenters. The van der Waals surface area contributed by atoms with Crippen LogP contribution in [0.1, 0.15) is 18.5 Å². The largest absolute Gasteiger partial charge is 0.472 e. The molecule has 2 aromatic rings. The van der Waals surface area contributed by atoms with Gasteiger partial charge in [0, 0.05) is 31.1 Å². The average Bonchev–Trinajstić information content (AvgIpc) is 2.57. The Labute approximate surface area is 133 Å². The number of morpholine rings is 1. The lowest BCUT2D eigenvalue weighted by Gasteiger charge is -2.32. The summed E-state index contributed by atoms with van der Waals surface area (Å²) in [6.07, 6.45) is 0. The second kappa shape index (κ2) is 7.23. The van der Waals surface area contributed by atoms with Crippen molar-refractivity contribution in [3.05, 3.63) is 55.1 Å². The molecule has 0 spiro atoms. The Kier molecular flexibility index (Phi) is 5.08. The van der Waals surface area contributed by atoms with Crippen LogP contribution in [0.3, 0.4) is 0 Å². The number of nitrogens with zero attached hydrogens (tertiary/aromatic N) is 1. The van der Waals surface area contributed by atoms with E-state index < -0.39 is 0 Å². The molecule has 3 heteroatoms. The van der Waals surface area contributed by atoms with E-state index in [-0.39, 0.29) is 0 Å². The molecule has 22 heavy (non-hydrogen) atoms. The first-order valence-electron chi connectivity index (χ1n) is 8.20. The summed E-state index contributed by atoms with van der Waals surface area (Å²) in [6.45, 7) is 7.25. The van der Waals surface area contributed by atoms with Crippen molar-refractivity contribution in [1.82, 2.24) is 4.90 Å². The monoisotopic (exact) mass is 298 g/mol. The Morgan fingerprint density at radius 1 is 1.14 bits per heavy atom. The molecule has 118 valence electrons.